The number of benzene rings is 1. The summed E-state index contributed by atoms with van der Waals surface area (Å²) in [6, 6.07) is 10.1. The largest absolute Gasteiger partial charge is 0.495 e. The molecule has 2 N–H and O–H groups in total. The maximum atomic E-state index is 12.6. The Morgan fingerprint density at radius 1 is 1.07 bits per heavy atom. The van der Waals surface area contributed by atoms with Crippen LogP contribution in [-0.2, 0) is 21.2 Å². The molecule has 0 amide bonds. The van der Waals surface area contributed by atoms with Crippen LogP contribution >= 0.6 is 0 Å². The zero-order chi connectivity index (χ0) is 20.7. The molecule has 11 heteroatoms. The average molecular weight is 420 g/mol. The average Bonchev–Trinajstić information content (AvgIpc) is 3.13. The second kappa shape index (κ2) is 9.63. The van der Waals surface area contributed by atoms with Crippen LogP contribution in [0, 0.1) is 0 Å². The fraction of sp³-hybridized carbons (Fsp3) is 0.389. The number of hydrogen-bond donors (Lipinski definition) is 2. The van der Waals surface area contributed by atoms with Gasteiger partial charge in [-0.05, 0) is 30.7 Å². The zero-order valence-electron chi connectivity index (χ0n) is 16.3. The monoisotopic (exact) mass is 420 g/mol. The summed E-state index contributed by atoms with van der Waals surface area (Å²) in [5.41, 5.74) is 0.593. The van der Waals surface area contributed by atoms with E-state index in [0.29, 0.717) is 36.1 Å². The molecule has 2 aromatic heterocycles. The van der Waals surface area contributed by atoms with Crippen LogP contribution in [0.25, 0.3) is 5.65 Å². The van der Waals surface area contributed by atoms with Crippen LogP contribution < -0.4 is 14.8 Å². The lowest BCUT2D eigenvalue weighted by atomic mass is 10.3. The molecule has 0 bridgehead atoms. The van der Waals surface area contributed by atoms with Crippen molar-refractivity contribution < 1.29 is 17.9 Å². The molecule has 0 spiro atoms. The van der Waals surface area contributed by atoms with Gasteiger partial charge in [-0.25, -0.2) is 13.1 Å². The second-order valence-electron chi connectivity index (χ2n) is 6.18. The van der Waals surface area contributed by atoms with Gasteiger partial charge >= 0.3 is 0 Å². The third-order valence-corrected chi connectivity index (χ3v) is 5.66. The minimum Gasteiger partial charge on any atom is -0.495 e. The van der Waals surface area contributed by atoms with Crippen LogP contribution in [0.4, 0.5) is 5.82 Å². The van der Waals surface area contributed by atoms with E-state index < -0.39 is 10.0 Å². The summed E-state index contributed by atoms with van der Waals surface area (Å²) in [6.07, 6.45) is 1.19. The molecule has 0 atom stereocenters. The van der Waals surface area contributed by atoms with E-state index in [2.05, 4.69) is 25.3 Å². The molecule has 0 unspecified atom stereocenters. The number of hydrogen-bond acceptors (Lipinski definition) is 8. The van der Waals surface area contributed by atoms with Crippen molar-refractivity contribution in [3.05, 3.63) is 42.2 Å². The predicted molar refractivity (Wildman–Crippen MR) is 108 cm³/mol. The molecule has 0 aliphatic heterocycles. The molecule has 29 heavy (non-hydrogen) atoms. The van der Waals surface area contributed by atoms with Crippen LogP contribution in [0.3, 0.4) is 0 Å². The molecule has 3 aromatic rings. The highest BCUT2D eigenvalue weighted by Gasteiger charge is 2.19. The Balaban J connectivity index is 1.65. The van der Waals surface area contributed by atoms with Crippen LogP contribution in [0.15, 0.2) is 41.3 Å². The summed E-state index contributed by atoms with van der Waals surface area (Å²) in [5, 5.41) is 15.9. The Labute approximate surface area is 169 Å². The third-order valence-electron chi connectivity index (χ3n) is 4.16. The van der Waals surface area contributed by atoms with Crippen molar-refractivity contribution in [1.29, 1.82) is 0 Å². The fourth-order valence-electron chi connectivity index (χ4n) is 2.73. The first-order valence-corrected chi connectivity index (χ1v) is 10.6. The summed E-state index contributed by atoms with van der Waals surface area (Å²) in [4.78, 5) is 0.0919. The summed E-state index contributed by atoms with van der Waals surface area (Å²) >= 11 is 0. The van der Waals surface area contributed by atoms with Crippen molar-refractivity contribution >= 4 is 21.5 Å². The zero-order valence-corrected chi connectivity index (χ0v) is 17.1. The Morgan fingerprint density at radius 2 is 1.90 bits per heavy atom. The highest BCUT2D eigenvalue weighted by molar-refractivity contribution is 7.89. The number of aromatic nitrogens is 4. The third kappa shape index (κ3) is 5.19. The van der Waals surface area contributed by atoms with E-state index in [1.54, 1.807) is 35.9 Å². The summed E-state index contributed by atoms with van der Waals surface area (Å²) in [5.74, 6) is 1.53. The SMILES string of the molecule is COCCCNc1ccc2nnc(CCNS(=O)(=O)c3ccccc3OC)n2n1. The standard InChI is InChI=1S/C18H24N6O4S/c1-27-13-5-11-19-16-8-9-17-21-22-18(24(17)23-16)10-12-20-29(25,26)15-7-4-3-6-14(15)28-2/h3-4,6-9,20H,5,10-13H2,1-2H3,(H,19,23). The van der Waals surface area contributed by atoms with Gasteiger partial charge in [-0.15, -0.1) is 15.3 Å². The Morgan fingerprint density at radius 3 is 2.69 bits per heavy atom. The molecule has 1 aromatic carbocycles. The van der Waals surface area contributed by atoms with Crippen LogP contribution in [0.1, 0.15) is 12.2 Å². The summed E-state index contributed by atoms with van der Waals surface area (Å²) in [7, 11) is -0.616. The maximum Gasteiger partial charge on any atom is 0.244 e. The number of methoxy groups -OCH3 is 2. The molecule has 0 saturated carbocycles. The molecular weight excluding hydrogens is 396 g/mol. The number of rotatable bonds is 11. The van der Waals surface area contributed by atoms with Gasteiger partial charge in [0.2, 0.25) is 10.0 Å². The van der Waals surface area contributed by atoms with Gasteiger partial charge in [0.1, 0.15) is 16.5 Å². The normalized spacial score (nSPS) is 11.7. The van der Waals surface area contributed by atoms with E-state index in [1.807, 2.05) is 6.07 Å². The first-order valence-electron chi connectivity index (χ1n) is 9.12. The van der Waals surface area contributed by atoms with E-state index in [4.69, 9.17) is 9.47 Å². The number of anilines is 1. The molecule has 0 aliphatic carbocycles. The Hall–Kier alpha value is -2.76. The molecule has 3 rings (SSSR count). The van der Waals surface area contributed by atoms with Crippen LogP contribution in [-0.4, -0.2) is 62.1 Å². The Kier molecular flexibility index (Phi) is 6.96. The number of sulfonamides is 1. The van der Waals surface area contributed by atoms with Crippen molar-refractivity contribution in [1.82, 2.24) is 24.5 Å². The summed E-state index contributed by atoms with van der Waals surface area (Å²) < 4.78 is 39.5. The number of nitrogens with zero attached hydrogens (tertiary/aromatic N) is 4. The quantitative estimate of drug-likeness (QED) is 0.443. The number of fused-ring (bicyclic) bond motifs is 1. The first kappa shape index (κ1) is 21.0. The van der Waals surface area contributed by atoms with Gasteiger partial charge in [-0.3, -0.25) is 0 Å². The highest BCUT2D eigenvalue weighted by Crippen LogP contribution is 2.22. The van der Waals surface area contributed by atoms with Crippen LogP contribution in [0.5, 0.6) is 5.75 Å². The van der Waals surface area contributed by atoms with E-state index in [1.165, 1.54) is 13.2 Å². The fourth-order valence-corrected chi connectivity index (χ4v) is 3.93. The van der Waals surface area contributed by atoms with Gasteiger partial charge in [0, 0.05) is 33.2 Å². The van der Waals surface area contributed by atoms with Crippen molar-refractivity contribution in [2.45, 2.75) is 17.7 Å². The van der Waals surface area contributed by atoms with Gasteiger partial charge in [0.05, 0.1) is 7.11 Å². The summed E-state index contributed by atoms with van der Waals surface area (Å²) in [6.45, 7) is 1.54. The number of nitrogens with one attached hydrogen (secondary N) is 2. The maximum absolute atomic E-state index is 12.6. The minimum absolute atomic E-state index is 0.0919. The van der Waals surface area contributed by atoms with E-state index in [9.17, 15) is 8.42 Å². The molecule has 0 radical (unpaired) electrons. The number of para-hydroxylation sites is 1. The van der Waals surface area contributed by atoms with Gasteiger partial charge in [0.25, 0.3) is 0 Å². The second-order valence-corrected chi connectivity index (χ2v) is 7.91. The minimum atomic E-state index is -3.71. The van der Waals surface area contributed by atoms with Crippen molar-refractivity contribution in [3.8, 4) is 5.75 Å². The van der Waals surface area contributed by atoms with Gasteiger partial charge < -0.3 is 14.8 Å². The van der Waals surface area contributed by atoms with Gasteiger partial charge in [-0.1, -0.05) is 12.1 Å². The van der Waals surface area contributed by atoms with E-state index in [0.717, 1.165) is 13.0 Å². The van der Waals surface area contributed by atoms with E-state index >= 15 is 0 Å². The van der Waals surface area contributed by atoms with Crippen molar-refractivity contribution in [2.75, 3.05) is 39.2 Å². The lowest BCUT2D eigenvalue weighted by Gasteiger charge is -2.10. The molecule has 10 nitrogen and oxygen atoms in total. The molecule has 156 valence electrons. The lowest BCUT2D eigenvalue weighted by molar-refractivity contribution is 0.197. The van der Waals surface area contributed by atoms with Crippen LogP contribution in [0.2, 0.25) is 0 Å². The molecule has 2 heterocycles. The smallest absolute Gasteiger partial charge is 0.244 e. The Bertz CT molecular complexity index is 1050. The molecule has 0 aliphatic rings. The van der Waals surface area contributed by atoms with Crippen molar-refractivity contribution in [2.24, 2.45) is 0 Å². The van der Waals surface area contributed by atoms with Gasteiger partial charge in [-0.2, -0.15) is 4.52 Å². The van der Waals surface area contributed by atoms with E-state index in [-0.39, 0.29) is 11.4 Å². The van der Waals surface area contributed by atoms with Crippen molar-refractivity contribution in [3.63, 3.8) is 0 Å². The molecule has 0 fully saturated rings. The molecule has 0 saturated heterocycles. The highest BCUT2D eigenvalue weighted by atomic mass is 32.2. The number of ether oxygens (including phenoxy) is 2. The lowest BCUT2D eigenvalue weighted by Crippen LogP contribution is -2.27. The topological polar surface area (TPSA) is 120 Å². The molecular formula is C18H24N6O4S. The van der Waals surface area contributed by atoms with Gasteiger partial charge in [0.15, 0.2) is 11.5 Å². The first-order chi connectivity index (χ1) is 14.0. The predicted octanol–water partition coefficient (Wildman–Crippen LogP) is 1.10.